The van der Waals surface area contributed by atoms with Crippen molar-refractivity contribution in [3.8, 4) is 5.75 Å². The lowest BCUT2D eigenvalue weighted by atomic mass is 9.85. The number of fused-ring (bicyclic) bond motifs is 1. The summed E-state index contributed by atoms with van der Waals surface area (Å²) in [6.07, 6.45) is 0. The van der Waals surface area contributed by atoms with Crippen molar-refractivity contribution in [2.75, 3.05) is 6.61 Å². The van der Waals surface area contributed by atoms with Crippen LogP contribution in [0.25, 0.3) is 0 Å². The molecule has 0 aliphatic carbocycles. The van der Waals surface area contributed by atoms with Gasteiger partial charge in [-0.3, -0.25) is 0 Å². The fourth-order valence-corrected chi connectivity index (χ4v) is 3.66. The van der Waals surface area contributed by atoms with E-state index in [2.05, 4.69) is 61.0 Å². The van der Waals surface area contributed by atoms with E-state index >= 15 is 0 Å². The topological polar surface area (TPSA) is 9.23 Å². The Labute approximate surface area is 139 Å². The minimum absolute atomic E-state index is 0.0523. The summed E-state index contributed by atoms with van der Waals surface area (Å²) >= 11 is 10.2. The minimum atomic E-state index is -0.139. The summed E-state index contributed by atoms with van der Waals surface area (Å²) in [5.41, 5.74) is 4.77. The van der Waals surface area contributed by atoms with Crippen LogP contribution in [0, 0.1) is 6.92 Å². The zero-order valence-corrected chi connectivity index (χ0v) is 14.8. The van der Waals surface area contributed by atoms with Crippen LogP contribution in [0.3, 0.4) is 0 Å². The molecule has 0 saturated heterocycles. The predicted molar refractivity (Wildman–Crippen MR) is 91.5 cm³/mol. The number of hydrogen-bond acceptors (Lipinski definition) is 1. The Balaban J connectivity index is 2.01. The molecule has 1 aliphatic heterocycles. The molecule has 0 aromatic heterocycles. The molecule has 1 unspecified atom stereocenters. The first-order valence-electron chi connectivity index (χ1n) is 7.06. The zero-order valence-electron chi connectivity index (χ0n) is 12.4. The van der Waals surface area contributed by atoms with Crippen molar-refractivity contribution in [2.45, 2.75) is 31.6 Å². The van der Waals surface area contributed by atoms with Crippen LogP contribution in [-0.2, 0) is 5.41 Å². The van der Waals surface area contributed by atoms with E-state index in [-0.39, 0.29) is 10.8 Å². The van der Waals surface area contributed by atoms with Crippen LogP contribution < -0.4 is 4.74 Å². The van der Waals surface area contributed by atoms with Gasteiger partial charge in [-0.05, 0) is 47.9 Å². The maximum absolute atomic E-state index is 6.73. The van der Waals surface area contributed by atoms with Crippen LogP contribution in [0.2, 0.25) is 0 Å². The third-order valence-corrected chi connectivity index (χ3v) is 5.10. The van der Waals surface area contributed by atoms with Gasteiger partial charge in [-0.25, -0.2) is 0 Å². The summed E-state index contributed by atoms with van der Waals surface area (Å²) in [7, 11) is 0. The van der Waals surface area contributed by atoms with Crippen LogP contribution in [0.15, 0.2) is 40.9 Å². The highest BCUT2D eigenvalue weighted by Gasteiger charge is 2.32. The Hall–Kier alpha value is -0.990. The molecule has 21 heavy (non-hydrogen) atoms. The third kappa shape index (κ3) is 2.72. The van der Waals surface area contributed by atoms with Gasteiger partial charge in [-0.1, -0.05) is 41.9 Å². The van der Waals surface area contributed by atoms with Gasteiger partial charge in [0.15, 0.2) is 0 Å². The average molecular weight is 366 g/mol. The van der Waals surface area contributed by atoms with Crippen molar-refractivity contribution in [2.24, 2.45) is 0 Å². The molecule has 1 nitrogen and oxygen atoms in total. The van der Waals surface area contributed by atoms with Gasteiger partial charge < -0.3 is 4.74 Å². The summed E-state index contributed by atoms with van der Waals surface area (Å²) in [6, 6.07) is 12.5. The fourth-order valence-electron chi connectivity index (χ4n) is 2.80. The largest absolute Gasteiger partial charge is 0.492 e. The van der Waals surface area contributed by atoms with Gasteiger partial charge in [-0.2, -0.15) is 0 Å². The van der Waals surface area contributed by atoms with E-state index in [1.165, 1.54) is 11.1 Å². The number of halogens is 2. The smallest absolute Gasteiger partial charge is 0.123 e. The fraction of sp³-hybridized carbons (Fsp3) is 0.333. The maximum atomic E-state index is 6.73. The highest BCUT2D eigenvalue weighted by Crippen LogP contribution is 2.41. The first kappa shape index (κ1) is 14.9. The molecule has 2 aromatic rings. The molecule has 0 saturated carbocycles. The van der Waals surface area contributed by atoms with Gasteiger partial charge in [0.05, 0.1) is 12.0 Å². The van der Waals surface area contributed by atoms with Gasteiger partial charge in [0, 0.05) is 15.5 Å². The van der Waals surface area contributed by atoms with Crippen molar-refractivity contribution >= 4 is 27.5 Å². The van der Waals surface area contributed by atoms with Gasteiger partial charge in [0.1, 0.15) is 5.75 Å². The third-order valence-electron chi connectivity index (χ3n) is 4.12. The Kier molecular flexibility index (Phi) is 3.79. The van der Waals surface area contributed by atoms with Crippen LogP contribution in [-0.4, -0.2) is 6.61 Å². The molecule has 0 bridgehead atoms. The maximum Gasteiger partial charge on any atom is 0.123 e. The molecule has 0 fully saturated rings. The Morgan fingerprint density at radius 2 is 1.95 bits per heavy atom. The number of alkyl halides is 1. The molecule has 1 heterocycles. The van der Waals surface area contributed by atoms with E-state index in [1.54, 1.807) is 0 Å². The number of rotatable bonds is 2. The first-order chi connectivity index (χ1) is 9.88. The monoisotopic (exact) mass is 364 g/mol. The second-order valence-electron chi connectivity index (χ2n) is 6.29. The molecule has 3 rings (SSSR count). The van der Waals surface area contributed by atoms with Crippen LogP contribution >= 0.6 is 27.5 Å². The standard InChI is InChI=1S/C18H18BrClO/c1-11-8-13(19)5-6-14(11)17(20)12-4-7-16-15(9-12)18(2,3)10-21-16/h4-9,17H,10H2,1-3H3. The molecular formula is C18H18BrClO. The molecule has 1 aliphatic rings. The normalized spacial score (nSPS) is 17.2. The lowest BCUT2D eigenvalue weighted by Gasteiger charge is -2.18. The van der Waals surface area contributed by atoms with Gasteiger partial charge >= 0.3 is 0 Å². The first-order valence-corrected chi connectivity index (χ1v) is 8.29. The highest BCUT2D eigenvalue weighted by atomic mass is 79.9. The van der Waals surface area contributed by atoms with Gasteiger partial charge in [-0.15, -0.1) is 11.6 Å². The second-order valence-corrected chi connectivity index (χ2v) is 7.64. The molecule has 0 spiro atoms. The van der Waals surface area contributed by atoms with E-state index in [0.29, 0.717) is 0 Å². The molecule has 0 amide bonds. The molecule has 0 radical (unpaired) electrons. The van der Waals surface area contributed by atoms with Crippen molar-refractivity contribution in [1.29, 1.82) is 0 Å². The average Bonchev–Trinajstić information content (AvgIpc) is 2.74. The molecule has 3 heteroatoms. The lowest BCUT2D eigenvalue weighted by molar-refractivity contribution is 0.291. The summed E-state index contributed by atoms with van der Waals surface area (Å²) in [4.78, 5) is 0. The molecular weight excluding hydrogens is 348 g/mol. The Morgan fingerprint density at radius 3 is 2.67 bits per heavy atom. The molecule has 2 aromatic carbocycles. The van der Waals surface area contributed by atoms with Crippen LogP contribution in [0.1, 0.15) is 41.5 Å². The van der Waals surface area contributed by atoms with E-state index in [1.807, 2.05) is 12.1 Å². The lowest BCUT2D eigenvalue weighted by Crippen LogP contribution is -2.18. The van der Waals surface area contributed by atoms with Gasteiger partial charge in [0.25, 0.3) is 0 Å². The number of benzene rings is 2. The van der Waals surface area contributed by atoms with E-state index in [4.69, 9.17) is 16.3 Å². The molecule has 110 valence electrons. The summed E-state index contributed by atoms with van der Waals surface area (Å²) in [6.45, 7) is 7.24. The van der Waals surface area contributed by atoms with Gasteiger partial charge in [0.2, 0.25) is 0 Å². The van der Waals surface area contributed by atoms with E-state index in [9.17, 15) is 0 Å². The molecule has 0 N–H and O–H groups in total. The molecule has 1 atom stereocenters. The van der Waals surface area contributed by atoms with Crippen molar-refractivity contribution in [1.82, 2.24) is 0 Å². The summed E-state index contributed by atoms with van der Waals surface area (Å²) in [5.74, 6) is 0.986. The predicted octanol–water partition coefficient (Wildman–Crippen LogP) is 5.76. The Bertz CT molecular complexity index is 694. The SMILES string of the molecule is Cc1cc(Br)ccc1C(Cl)c1ccc2c(c1)C(C)(C)CO2. The zero-order chi connectivity index (χ0) is 15.2. The van der Waals surface area contributed by atoms with Crippen LogP contribution in [0.5, 0.6) is 5.75 Å². The van der Waals surface area contributed by atoms with E-state index < -0.39 is 0 Å². The van der Waals surface area contributed by atoms with Crippen molar-refractivity contribution in [3.63, 3.8) is 0 Å². The summed E-state index contributed by atoms with van der Waals surface area (Å²) in [5, 5.41) is -0.139. The second kappa shape index (κ2) is 5.33. The minimum Gasteiger partial charge on any atom is -0.492 e. The number of ether oxygens (including phenoxy) is 1. The van der Waals surface area contributed by atoms with E-state index in [0.717, 1.165) is 28.0 Å². The highest BCUT2D eigenvalue weighted by molar-refractivity contribution is 9.10. The quantitative estimate of drug-likeness (QED) is 0.615. The van der Waals surface area contributed by atoms with Crippen molar-refractivity contribution in [3.05, 3.63) is 63.1 Å². The number of hydrogen-bond donors (Lipinski definition) is 0. The van der Waals surface area contributed by atoms with Crippen molar-refractivity contribution < 1.29 is 4.74 Å². The number of aryl methyl sites for hydroxylation is 1. The Morgan fingerprint density at radius 1 is 1.19 bits per heavy atom. The van der Waals surface area contributed by atoms with Crippen LogP contribution in [0.4, 0.5) is 0 Å². The summed E-state index contributed by atoms with van der Waals surface area (Å²) < 4.78 is 6.82.